The lowest BCUT2D eigenvalue weighted by atomic mass is 10.1. The number of Topliss-reactive ketones (excluding diaryl/α,β-unsaturated/α-hetero) is 1. The zero-order chi connectivity index (χ0) is 12.6. The molecular formula is C10H12N2O4S. The van der Waals surface area contributed by atoms with E-state index in [1.165, 1.54) is 14.0 Å². The van der Waals surface area contributed by atoms with Gasteiger partial charge in [-0.15, -0.1) is 0 Å². The number of sulfone groups is 1. The Morgan fingerprint density at radius 2 is 2.06 bits per heavy atom. The Bertz CT molecular complexity index is 580. The molecule has 2 heterocycles. The maximum Gasteiger partial charge on any atom is 0.220 e. The van der Waals surface area contributed by atoms with Crippen molar-refractivity contribution >= 4 is 15.6 Å². The van der Waals surface area contributed by atoms with Crippen molar-refractivity contribution in [1.82, 2.24) is 9.97 Å². The van der Waals surface area contributed by atoms with Crippen molar-refractivity contribution < 1.29 is 17.9 Å². The first-order chi connectivity index (χ1) is 7.93. The molecule has 0 N–H and O–H groups in total. The maximum absolute atomic E-state index is 11.5. The first kappa shape index (κ1) is 12.0. The Labute approximate surface area is 99.0 Å². The SMILES string of the molecule is COc1nc(C(C)=O)nc2c1CCS(=O)(=O)C2. The topological polar surface area (TPSA) is 86.2 Å². The van der Waals surface area contributed by atoms with Gasteiger partial charge in [-0.05, 0) is 6.42 Å². The van der Waals surface area contributed by atoms with Crippen LogP contribution in [0.4, 0.5) is 0 Å². The average molecular weight is 256 g/mol. The van der Waals surface area contributed by atoms with Gasteiger partial charge < -0.3 is 4.74 Å². The third-order valence-electron chi connectivity index (χ3n) is 2.58. The number of nitrogens with zero attached hydrogens (tertiary/aromatic N) is 2. The van der Waals surface area contributed by atoms with Crippen LogP contribution in [0.15, 0.2) is 0 Å². The molecule has 0 atom stereocenters. The maximum atomic E-state index is 11.5. The van der Waals surface area contributed by atoms with Crippen LogP contribution in [0, 0.1) is 0 Å². The second kappa shape index (κ2) is 4.06. The van der Waals surface area contributed by atoms with Crippen molar-refractivity contribution in [3.8, 4) is 5.88 Å². The minimum absolute atomic E-state index is 0.00213. The van der Waals surface area contributed by atoms with Gasteiger partial charge in [0.25, 0.3) is 0 Å². The number of ether oxygens (including phenoxy) is 1. The highest BCUT2D eigenvalue weighted by molar-refractivity contribution is 7.90. The molecule has 0 saturated carbocycles. The van der Waals surface area contributed by atoms with Crippen LogP contribution in [0.1, 0.15) is 28.8 Å². The molecular weight excluding hydrogens is 244 g/mol. The lowest BCUT2D eigenvalue weighted by molar-refractivity contribution is 0.100. The van der Waals surface area contributed by atoms with E-state index in [0.717, 1.165) is 0 Å². The molecule has 17 heavy (non-hydrogen) atoms. The van der Waals surface area contributed by atoms with E-state index in [9.17, 15) is 13.2 Å². The molecule has 92 valence electrons. The van der Waals surface area contributed by atoms with Crippen LogP contribution in [-0.4, -0.2) is 37.0 Å². The number of hydrogen-bond acceptors (Lipinski definition) is 6. The number of fused-ring (bicyclic) bond motifs is 1. The predicted molar refractivity (Wildman–Crippen MR) is 59.8 cm³/mol. The van der Waals surface area contributed by atoms with Gasteiger partial charge in [0.1, 0.15) is 0 Å². The van der Waals surface area contributed by atoms with Crippen molar-refractivity contribution in [3.63, 3.8) is 0 Å². The summed E-state index contributed by atoms with van der Waals surface area (Å²) in [5, 5.41) is 0. The van der Waals surface area contributed by atoms with Gasteiger partial charge in [-0.25, -0.2) is 13.4 Å². The summed E-state index contributed by atoms with van der Waals surface area (Å²) in [6, 6.07) is 0. The van der Waals surface area contributed by atoms with Crippen LogP contribution in [-0.2, 0) is 22.0 Å². The Kier molecular flexibility index (Phi) is 2.86. The fraction of sp³-hybridized carbons (Fsp3) is 0.500. The fourth-order valence-electron chi connectivity index (χ4n) is 1.74. The normalized spacial score (nSPS) is 17.3. The monoisotopic (exact) mass is 256 g/mol. The van der Waals surface area contributed by atoms with Gasteiger partial charge >= 0.3 is 0 Å². The van der Waals surface area contributed by atoms with Gasteiger partial charge in [0.15, 0.2) is 21.4 Å². The molecule has 0 saturated heterocycles. The fourth-order valence-corrected chi connectivity index (χ4v) is 3.06. The molecule has 0 spiro atoms. The van der Waals surface area contributed by atoms with Crippen LogP contribution in [0.5, 0.6) is 5.88 Å². The molecule has 2 rings (SSSR count). The minimum atomic E-state index is -3.12. The second-order valence-electron chi connectivity index (χ2n) is 3.88. The molecule has 0 unspecified atom stereocenters. The molecule has 1 aliphatic heterocycles. The smallest absolute Gasteiger partial charge is 0.220 e. The van der Waals surface area contributed by atoms with Gasteiger partial charge in [0.05, 0.1) is 24.3 Å². The Hall–Kier alpha value is -1.50. The number of ketones is 1. The summed E-state index contributed by atoms with van der Waals surface area (Å²) in [6.45, 7) is 1.33. The highest BCUT2D eigenvalue weighted by atomic mass is 32.2. The summed E-state index contributed by atoms with van der Waals surface area (Å²) < 4.78 is 28.1. The zero-order valence-electron chi connectivity index (χ0n) is 9.56. The highest BCUT2D eigenvalue weighted by Crippen LogP contribution is 2.26. The number of carbonyl (C=O) groups is 1. The summed E-state index contributed by atoms with van der Waals surface area (Å²) in [4.78, 5) is 19.2. The zero-order valence-corrected chi connectivity index (χ0v) is 10.4. The molecule has 0 aliphatic carbocycles. The molecule has 0 bridgehead atoms. The quantitative estimate of drug-likeness (QED) is 0.700. The highest BCUT2D eigenvalue weighted by Gasteiger charge is 2.27. The van der Waals surface area contributed by atoms with E-state index in [1.807, 2.05) is 0 Å². The summed E-state index contributed by atoms with van der Waals surface area (Å²) in [6.07, 6.45) is 0.332. The first-order valence-electron chi connectivity index (χ1n) is 5.08. The summed E-state index contributed by atoms with van der Waals surface area (Å²) >= 11 is 0. The first-order valence-corrected chi connectivity index (χ1v) is 6.90. The molecule has 7 heteroatoms. The van der Waals surface area contributed by atoms with Crippen molar-refractivity contribution in [2.75, 3.05) is 12.9 Å². The third-order valence-corrected chi connectivity index (χ3v) is 4.12. The van der Waals surface area contributed by atoms with Crippen molar-refractivity contribution in [3.05, 3.63) is 17.1 Å². The third kappa shape index (κ3) is 2.28. The van der Waals surface area contributed by atoms with Gasteiger partial charge in [0.2, 0.25) is 5.88 Å². The largest absolute Gasteiger partial charge is 0.481 e. The standard InChI is InChI=1S/C10H12N2O4S/c1-6(13)9-11-8-5-17(14,15)4-3-7(8)10(12-9)16-2/h3-5H2,1-2H3. The summed E-state index contributed by atoms with van der Waals surface area (Å²) in [7, 11) is -1.68. The molecule has 0 radical (unpaired) electrons. The number of methoxy groups -OCH3 is 1. The number of rotatable bonds is 2. The summed E-state index contributed by atoms with van der Waals surface area (Å²) in [5.74, 6) is -0.0949. The van der Waals surface area contributed by atoms with Gasteiger partial charge in [0, 0.05) is 12.5 Å². The van der Waals surface area contributed by atoms with E-state index < -0.39 is 9.84 Å². The predicted octanol–water partition coefficient (Wildman–Crippen LogP) is 0.159. The van der Waals surface area contributed by atoms with E-state index in [1.54, 1.807) is 0 Å². The van der Waals surface area contributed by atoms with Crippen molar-refractivity contribution in [2.45, 2.75) is 19.1 Å². The molecule has 1 aromatic rings. The molecule has 6 nitrogen and oxygen atoms in total. The van der Waals surface area contributed by atoms with E-state index in [2.05, 4.69) is 9.97 Å². The second-order valence-corrected chi connectivity index (χ2v) is 6.06. The van der Waals surface area contributed by atoms with Crippen LogP contribution < -0.4 is 4.74 Å². The molecule has 1 aliphatic rings. The van der Waals surface area contributed by atoms with E-state index in [-0.39, 0.29) is 23.1 Å². The van der Waals surface area contributed by atoms with Gasteiger partial charge in [-0.2, -0.15) is 4.98 Å². The summed E-state index contributed by atoms with van der Waals surface area (Å²) in [5.41, 5.74) is 1.07. The lowest BCUT2D eigenvalue weighted by Gasteiger charge is -2.17. The Morgan fingerprint density at radius 1 is 1.35 bits per heavy atom. The molecule has 0 amide bonds. The lowest BCUT2D eigenvalue weighted by Crippen LogP contribution is -2.23. The molecule has 0 fully saturated rings. The number of carbonyl (C=O) groups excluding carboxylic acids is 1. The number of hydrogen-bond donors (Lipinski definition) is 0. The Morgan fingerprint density at radius 3 is 2.65 bits per heavy atom. The number of aromatic nitrogens is 2. The van der Waals surface area contributed by atoms with E-state index in [4.69, 9.17) is 4.74 Å². The van der Waals surface area contributed by atoms with Crippen LogP contribution >= 0.6 is 0 Å². The minimum Gasteiger partial charge on any atom is -0.481 e. The molecule has 0 aromatic carbocycles. The molecule has 1 aromatic heterocycles. The van der Waals surface area contributed by atoms with Crippen LogP contribution in [0.2, 0.25) is 0 Å². The van der Waals surface area contributed by atoms with Crippen molar-refractivity contribution in [2.24, 2.45) is 0 Å². The van der Waals surface area contributed by atoms with Crippen molar-refractivity contribution in [1.29, 1.82) is 0 Å². The van der Waals surface area contributed by atoms with Crippen LogP contribution in [0.25, 0.3) is 0 Å². The van der Waals surface area contributed by atoms with E-state index >= 15 is 0 Å². The average Bonchev–Trinajstić information content (AvgIpc) is 2.25. The van der Waals surface area contributed by atoms with Crippen LogP contribution in [0.3, 0.4) is 0 Å². The van der Waals surface area contributed by atoms with Gasteiger partial charge in [-0.3, -0.25) is 4.79 Å². The van der Waals surface area contributed by atoms with E-state index in [0.29, 0.717) is 23.6 Å². The Balaban J connectivity index is 2.59. The van der Waals surface area contributed by atoms with Gasteiger partial charge in [-0.1, -0.05) is 0 Å².